The molecule has 0 radical (unpaired) electrons. The number of hydrogen-bond acceptors (Lipinski definition) is 45. The fourth-order valence-corrected chi connectivity index (χ4v) is 15.0. The van der Waals surface area contributed by atoms with Gasteiger partial charge in [0.15, 0.2) is 35.2 Å². The Morgan fingerprint density at radius 2 is 0.675 bits per heavy atom. The van der Waals surface area contributed by atoms with E-state index in [4.69, 9.17) is 67.7 Å². The quantitative estimate of drug-likeness (QED) is 0.0125. The van der Waals surface area contributed by atoms with Crippen LogP contribution in [0.5, 0.6) is 17.2 Å². The molecule has 6 aliphatic heterocycles. The van der Waals surface area contributed by atoms with E-state index in [9.17, 15) is 142 Å². The molecule has 0 bridgehead atoms. The standard InChI is InChI=1S/C26H35NO12.C25H33NO13.C19H22O9.C6H13NO5.CH2O3.Na/c1-9-4-13(30)18(25-23(35)22(34)21(33)16(8-29)38-25)24-17(9)14(31)6-12(37-24)5-10(2)27-19-20(32)11(3)15(7-28)39-26(19)36;1-8-3-11(29)16(24-22(35)21(34)19(32)13(6-27)38-24)23-15(8)12(30)5-10(37-23)4-9(2)26-17-20(33)18(31)14(7-28)39-25(17)36;1-7-3-10(22)14(19-17(26)16(25)15(24)12(6-20)28-19)18-13(7)11(23)5-9(27-18)4-8(2)21;7-3-5(10)4(9)2(1-8)12-6(3)11;2-1-4-3;/h4,6,11,15-16,19-23,25-26,28-30,32-36H,5,7-8H2,1-3H3;3,5,13-14,17-22,24-25,27-29,31-36H,4,6-7H2,1-2H3;3,5,12,15-17,19-20,22,24-26H,4,6H2,1-2H3;2-6,8-11H,1,7H2;1,3H;/q;;;;;+1/p-1. The minimum absolute atomic E-state index is 0. The third kappa shape index (κ3) is 22.7. The number of fused-ring (bicyclic) bond motifs is 3. The maximum absolute atomic E-state index is 13.1. The number of hydrogen-bond donors (Lipinski definition) is 27. The van der Waals surface area contributed by atoms with Gasteiger partial charge in [-0.2, -0.15) is 0 Å². The molecule has 6 fully saturated rings. The van der Waals surface area contributed by atoms with Gasteiger partial charge in [0, 0.05) is 48.4 Å². The molecular formula is C77H104N3NaO42. The number of phenolic OH excluding ortho intramolecular Hbond substituents is 3. The SMILES string of the molecule is CC(=O)Cc1cc(=O)c2c(C)cc(O)c(C3OC(CO)C(O)C(O)C3O)c2o1.CC(Cc1cc(=O)c2c(C)cc(O)c(C3OC(CO)C(O)C(O)C3O)c2o1)=NC1C(O)OC(CO)C(C)C1O.CC(Cc1cc(=O)c2c(C)cc(O)c(C3OC(CO)C(O)C(O)C3O)c2o1)=NC1C(O)OC(CO)C(O)C1O.NC1C(O)OC(CO)C(O)C1O.O=CO[O-].[Na+]. The number of aryl methyl sites for hydroxylation is 3. The van der Waals surface area contributed by atoms with E-state index in [2.05, 4.69) is 14.9 Å². The number of nitrogens with two attached hydrogens (primary N) is 1. The first kappa shape index (κ1) is 103. The first-order chi connectivity index (χ1) is 57.4. The largest absolute Gasteiger partial charge is 1.00 e. The van der Waals surface area contributed by atoms with E-state index in [1.165, 1.54) is 50.2 Å². The van der Waals surface area contributed by atoms with Crippen molar-refractivity contribution in [1.82, 2.24) is 0 Å². The number of benzene rings is 3. The van der Waals surface area contributed by atoms with Crippen LogP contribution in [0, 0.1) is 26.7 Å². The molecule has 6 aliphatic rings. The monoisotopic (exact) mass is 1770 g/mol. The van der Waals surface area contributed by atoms with Gasteiger partial charge in [0.25, 0.3) is 6.47 Å². The Kier molecular flexibility index (Phi) is 37.3. The van der Waals surface area contributed by atoms with Crippen molar-refractivity contribution in [3.63, 3.8) is 0 Å². The number of Topliss-reactive ketones (excluding diaryl/α,β-unsaturated/α-hetero) is 1. The van der Waals surface area contributed by atoms with Crippen molar-refractivity contribution in [2.75, 3.05) is 39.6 Å². The van der Waals surface area contributed by atoms with Crippen molar-refractivity contribution >= 4 is 56.6 Å². The summed E-state index contributed by atoms with van der Waals surface area (Å²) in [6.07, 6.45) is -37.5. The molecule has 30 unspecified atom stereocenters. The Morgan fingerprint density at radius 3 is 0.976 bits per heavy atom. The molecule has 3 aromatic heterocycles. The van der Waals surface area contributed by atoms with Crippen LogP contribution in [0.2, 0.25) is 0 Å². The molecular weight excluding hydrogens is 1660 g/mol. The molecule has 0 saturated carbocycles. The summed E-state index contributed by atoms with van der Waals surface area (Å²) in [5.41, 5.74) is 4.79. The Balaban J connectivity index is 0.000000234. The number of aromatic hydroxyl groups is 3. The summed E-state index contributed by atoms with van der Waals surface area (Å²) in [5, 5.41) is 268. The summed E-state index contributed by atoms with van der Waals surface area (Å²) in [7, 11) is 0. The zero-order valence-electron chi connectivity index (χ0n) is 67.4. The van der Waals surface area contributed by atoms with Crippen molar-refractivity contribution in [2.45, 2.75) is 245 Å². The van der Waals surface area contributed by atoms with Crippen LogP contribution in [0.4, 0.5) is 0 Å². The number of carbonyl (C=O) groups excluding carboxylic acids is 2. The molecule has 0 aliphatic carbocycles. The van der Waals surface area contributed by atoms with Gasteiger partial charge in [-0.3, -0.25) is 34.0 Å². The van der Waals surface area contributed by atoms with Crippen molar-refractivity contribution in [1.29, 1.82) is 0 Å². The molecule has 28 N–H and O–H groups in total. The molecule has 6 aromatic rings. The fourth-order valence-electron chi connectivity index (χ4n) is 15.0. The molecule has 30 atom stereocenters. The van der Waals surface area contributed by atoms with Crippen LogP contribution < -0.4 is 56.8 Å². The third-order valence-electron chi connectivity index (χ3n) is 21.5. The number of aliphatic imine (C=N–C) groups is 2. The van der Waals surface area contributed by atoms with E-state index in [1.807, 2.05) is 0 Å². The second kappa shape index (κ2) is 44.6. The fraction of sp³-hybridized carbons (Fsp3) is 0.597. The molecule has 680 valence electrons. The Morgan fingerprint density at radius 1 is 0.407 bits per heavy atom. The summed E-state index contributed by atoms with van der Waals surface area (Å²) in [5.74, 6) is -1.72. The number of aliphatic hydroxyl groups excluding tert-OH is 23. The summed E-state index contributed by atoms with van der Waals surface area (Å²) < 4.78 is 49.5. The van der Waals surface area contributed by atoms with Crippen LogP contribution in [0.15, 0.2) is 74.0 Å². The Hall–Kier alpha value is -7.07. The summed E-state index contributed by atoms with van der Waals surface area (Å²) in [4.78, 5) is 70.1. The number of ether oxygens (including phenoxy) is 6. The first-order valence-corrected chi connectivity index (χ1v) is 38.0. The summed E-state index contributed by atoms with van der Waals surface area (Å²) in [6.45, 7) is 7.13. The van der Waals surface area contributed by atoms with Crippen LogP contribution in [0.25, 0.3) is 32.9 Å². The van der Waals surface area contributed by atoms with Gasteiger partial charge >= 0.3 is 29.6 Å². The molecule has 45 nitrogen and oxygen atoms in total. The summed E-state index contributed by atoms with van der Waals surface area (Å²) in [6, 6.07) is 4.06. The number of phenols is 3. The van der Waals surface area contributed by atoms with Crippen LogP contribution >= 0.6 is 0 Å². The van der Waals surface area contributed by atoms with E-state index in [-0.39, 0.29) is 146 Å². The molecule has 6 saturated heterocycles. The molecule has 9 heterocycles. The van der Waals surface area contributed by atoms with Crippen LogP contribution in [-0.4, -0.2) is 355 Å². The van der Waals surface area contributed by atoms with E-state index in [0.29, 0.717) is 22.4 Å². The normalized spacial score (nSPS) is 34.1. The smallest absolute Gasteiger partial charge is 0.662 e. The maximum atomic E-state index is 13.1. The van der Waals surface area contributed by atoms with Crippen molar-refractivity contribution in [2.24, 2.45) is 21.6 Å². The number of aliphatic hydroxyl groups is 23. The van der Waals surface area contributed by atoms with E-state index >= 15 is 0 Å². The predicted molar refractivity (Wildman–Crippen MR) is 409 cm³/mol. The maximum Gasteiger partial charge on any atom is 1.00 e. The van der Waals surface area contributed by atoms with Gasteiger partial charge in [-0.15, -0.1) is 0 Å². The van der Waals surface area contributed by atoms with Crippen molar-refractivity contribution in [3.8, 4) is 17.2 Å². The Labute approximate surface area is 718 Å². The third-order valence-corrected chi connectivity index (χ3v) is 21.5. The summed E-state index contributed by atoms with van der Waals surface area (Å²) >= 11 is 0. The van der Waals surface area contributed by atoms with E-state index in [1.54, 1.807) is 34.6 Å². The van der Waals surface area contributed by atoms with Crippen molar-refractivity contribution in [3.05, 3.63) is 118 Å². The van der Waals surface area contributed by atoms with Crippen LogP contribution in [0.3, 0.4) is 0 Å². The van der Waals surface area contributed by atoms with Gasteiger partial charge in [0.2, 0.25) is 0 Å². The number of ketones is 1. The van der Waals surface area contributed by atoms with Gasteiger partial charge in [-0.05, 0) is 76.4 Å². The predicted octanol–water partition coefficient (Wildman–Crippen LogP) is -12.8. The molecule has 123 heavy (non-hydrogen) atoms. The Bertz CT molecular complexity index is 4610. The van der Waals surface area contributed by atoms with Gasteiger partial charge < -0.3 is 190 Å². The zero-order valence-corrected chi connectivity index (χ0v) is 69.4. The van der Waals surface area contributed by atoms with E-state index < -0.39 is 244 Å². The second-order valence-corrected chi connectivity index (χ2v) is 30.2. The number of nitrogens with zero attached hydrogens (tertiary/aromatic N) is 2. The van der Waals surface area contributed by atoms with Crippen molar-refractivity contribution < 1.29 is 224 Å². The first-order valence-electron chi connectivity index (χ1n) is 38.0. The van der Waals surface area contributed by atoms with Crippen LogP contribution in [0.1, 0.15) is 96.7 Å². The van der Waals surface area contributed by atoms with Gasteiger partial charge in [-0.25, -0.2) is 0 Å². The number of rotatable bonds is 18. The molecule has 12 rings (SSSR count). The van der Waals surface area contributed by atoms with Gasteiger partial charge in [0.1, 0.15) is 197 Å². The topological polar surface area (TPSA) is 789 Å². The van der Waals surface area contributed by atoms with Gasteiger partial charge in [0.05, 0.1) is 97.2 Å². The average molecular weight is 1770 g/mol. The second-order valence-electron chi connectivity index (χ2n) is 30.2. The average Bonchev–Trinajstić information content (AvgIpc) is 0.753. The molecule has 3 aromatic carbocycles. The minimum Gasteiger partial charge on any atom is -0.662 e. The van der Waals surface area contributed by atoms with Gasteiger partial charge in [-0.1, -0.05) is 6.92 Å². The van der Waals surface area contributed by atoms with Crippen LogP contribution in [-0.2, 0) is 62.2 Å². The zero-order chi connectivity index (χ0) is 91.0. The minimum atomic E-state index is -1.75. The number of carbonyl (C=O) groups is 2. The molecule has 0 amide bonds. The van der Waals surface area contributed by atoms with E-state index in [0.717, 1.165) is 0 Å². The molecule has 0 spiro atoms. The molecule has 46 heteroatoms.